The lowest BCUT2D eigenvalue weighted by atomic mass is 10.1. The van der Waals surface area contributed by atoms with Gasteiger partial charge in [0.25, 0.3) is 0 Å². The van der Waals surface area contributed by atoms with Gasteiger partial charge in [0.1, 0.15) is 0 Å². The fourth-order valence-electron chi connectivity index (χ4n) is 2.14. The van der Waals surface area contributed by atoms with Gasteiger partial charge in [-0.3, -0.25) is 0 Å². The van der Waals surface area contributed by atoms with Gasteiger partial charge < -0.3 is 5.73 Å². The molecular formula is C12H10BrF3N4. The molecule has 0 radical (unpaired) electrons. The molecule has 0 amide bonds. The number of aromatic nitrogens is 3. The van der Waals surface area contributed by atoms with Crippen LogP contribution in [0.2, 0.25) is 0 Å². The Morgan fingerprint density at radius 2 is 2.00 bits per heavy atom. The molecule has 0 aliphatic heterocycles. The highest BCUT2D eigenvalue weighted by molar-refractivity contribution is 9.10. The van der Waals surface area contributed by atoms with Crippen molar-refractivity contribution in [3.8, 4) is 5.69 Å². The summed E-state index contributed by atoms with van der Waals surface area (Å²) < 4.78 is 41.0. The van der Waals surface area contributed by atoms with E-state index in [4.69, 9.17) is 5.73 Å². The normalized spacial score (nSPS) is 15.6. The van der Waals surface area contributed by atoms with Crippen LogP contribution in [0, 0.1) is 0 Å². The zero-order chi connectivity index (χ0) is 14.5. The second-order valence-electron chi connectivity index (χ2n) is 4.71. The van der Waals surface area contributed by atoms with E-state index in [1.54, 1.807) is 6.07 Å². The molecule has 1 saturated carbocycles. The van der Waals surface area contributed by atoms with Gasteiger partial charge >= 0.3 is 6.18 Å². The van der Waals surface area contributed by atoms with Crippen LogP contribution in [0.4, 0.5) is 19.0 Å². The lowest BCUT2D eigenvalue weighted by Crippen LogP contribution is -2.13. The molecule has 8 heteroatoms. The highest BCUT2D eigenvalue weighted by Crippen LogP contribution is 2.44. The van der Waals surface area contributed by atoms with Crippen LogP contribution in [0.1, 0.15) is 30.0 Å². The van der Waals surface area contributed by atoms with E-state index in [1.807, 2.05) is 0 Å². The van der Waals surface area contributed by atoms with E-state index in [-0.39, 0.29) is 17.4 Å². The summed E-state index contributed by atoms with van der Waals surface area (Å²) in [6.07, 6.45) is -2.68. The van der Waals surface area contributed by atoms with Gasteiger partial charge in [-0.2, -0.15) is 13.2 Å². The highest BCUT2D eigenvalue weighted by atomic mass is 79.9. The number of nitrogens with zero attached hydrogens (tertiary/aromatic N) is 3. The molecule has 2 N–H and O–H groups in total. The van der Waals surface area contributed by atoms with Crippen molar-refractivity contribution >= 4 is 21.7 Å². The van der Waals surface area contributed by atoms with Gasteiger partial charge in [0, 0.05) is 10.4 Å². The first-order valence-electron chi connectivity index (χ1n) is 5.96. The fourth-order valence-corrected chi connectivity index (χ4v) is 2.50. The second kappa shape index (κ2) is 4.47. The number of hydrogen-bond donors (Lipinski definition) is 1. The van der Waals surface area contributed by atoms with Crippen molar-refractivity contribution in [2.75, 3.05) is 5.73 Å². The van der Waals surface area contributed by atoms with Gasteiger partial charge in [-0.05, 0) is 31.0 Å². The van der Waals surface area contributed by atoms with E-state index in [9.17, 15) is 13.2 Å². The summed E-state index contributed by atoms with van der Waals surface area (Å²) in [6.45, 7) is 0. The third kappa shape index (κ3) is 2.28. The average Bonchev–Trinajstić information content (AvgIpc) is 3.12. The van der Waals surface area contributed by atoms with Crippen LogP contribution in [0.5, 0.6) is 0 Å². The summed E-state index contributed by atoms with van der Waals surface area (Å²) in [5, 5.41) is 7.49. The van der Waals surface area contributed by atoms with E-state index >= 15 is 0 Å². The number of nitrogen functional groups attached to an aromatic ring is 1. The van der Waals surface area contributed by atoms with Gasteiger partial charge in [0.15, 0.2) is 5.82 Å². The molecule has 3 rings (SSSR count). The van der Waals surface area contributed by atoms with Crippen LogP contribution in [-0.4, -0.2) is 15.0 Å². The van der Waals surface area contributed by atoms with Gasteiger partial charge in [-0.15, -0.1) is 5.10 Å². The molecular weight excluding hydrogens is 337 g/mol. The number of alkyl halides is 3. The molecule has 0 unspecified atom stereocenters. The van der Waals surface area contributed by atoms with Crippen LogP contribution in [-0.2, 0) is 6.18 Å². The van der Waals surface area contributed by atoms with E-state index in [2.05, 4.69) is 26.2 Å². The first-order chi connectivity index (χ1) is 9.38. The maximum Gasteiger partial charge on any atom is 0.418 e. The zero-order valence-corrected chi connectivity index (χ0v) is 11.7. The van der Waals surface area contributed by atoms with Crippen LogP contribution in [0.15, 0.2) is 22.7 Å². The molecule has 0 atom stereocenters. The summed E-state index contributed by atoms with van der Waals surface area (Å²) >= 11 is 3.06. The standard InChI is InChI=1S/C12H10BrF3N4/c13-7-3-4-9(8(5-7)12(14,15)16)20-10(6-1-2-6)11(17)18-19-20/h3-6H,1-2,17H2. The number of hydrogen-bond acceptors (Lipinski definition) is 3. The van der Waals surface area contributed by atoms with Crippen molar-refractivity contribution in [3.63, 3.8) is 0 Å². The topological polar surface area (TPSA) is 56.7 Å². The molecule has 4 nitrogen and oxygen atoms in total. The number of rotatable bonds is 2. The summed E-state index contributed by atoms with van der Waals surface area (Å²) in [6, 6.07) is 3.94. The minimum absolute atomic E-state index is 0.0493. The molecule has 0 saturated heterocycles. The second-order valence-corrected chi connectivity index (χ2v) is 5.62. The Balaban J connectivity index is 2.20. The number of anilines is 1. The van der Waals surface area contributed by atoms with Gasteiger partial charge in [-0.1, -0.05) is 21.1 Å². The summed E-state index contributed by atoms with van der Waals surface area (Å²) in [5.74, 6) is 0.346. The molecule has 1 heterocycles. The van der Waals surface area contributed by atoms with E-state index in [1.165, 1.54) is 10.7 Å². The largest absolute Gasteiger partial charge is 0.418 e. The predicted octanol–water partition coefficient (Wildman–Crippen LogP) is 3.51. The Kier molecular flexibility index (Phi) is 3.00. The van der Waals surface area contributed by atoms with E-state index in [0.29, 0.717) is 10.2 Å². The Bertz CT molecular complexity index is 661. The average molecular weight is 347 g/mol. The molecule has 1 fully saturated rings. The Morgan fingerprint density at radius 1 is 1.30 bits per heavy atom. The third-order valence-corrected chi connectivity index (χ3v) is 3.68. The lowest BCUT2D eigenvalue weighted by Gasteiger charge is -2.14. The van der Waals surface area contributed by atoms with Crippen LogP contribution < -0.4 is 5.73 Å². The minimum Gasteiger partial charge on any atom is -0.381 e. The molecule has 0 spiro atoms. The third-order valence-electron chi connectivity index (χ3n) is 3.19. The van der Waals surface area contributed by atoms with Gasteiger partial charge in [0.2, 0.25) is 0 Å². The number of benzene rings is 1. The maximum absolute atomic E-state index is 13.2. The van der Waals surface area contributed by atoms with E-state index < -0.39 is 11.7 Å². The van der Waals surface area contributed by atoms with Gasteiger partial charge in [0.05, 0.1) is 16.9 Å². The maximum atomic E-state index is 13.2. The smallest absolute Gasteiger partial charge is 0.381 e. The minimum atomic E-state index is -4.47. The quantitative estimate of drug-likeness (QED) is 0.905. The molecule has 1 aliphatic rings. The number of halogens is 4. The predicted molar refractivity (Wildman–Crippen MR) is 70.4 cm³/mol. The zero-order valence-electron chi connectivity index (χ0n) is 10.2. The van der Waals surface area contributed by atoms with E-state index in [0.717, 1.165) is 18.9 Å². The van der Waals surface area contributed by atoms with Crippen molar-refractivity contribution in [1.82, 2.24) is 15.0 Å². The summed E-state index contributed by atoms with van der Waals surface area (Å²) in [5.41, 5.74) is 5.48. The van der Waals surface area contributed by atoms with Crippen LogP contribution in [0.25, 0.3) is 5.69 Å². The van der Waals surface area contributed by atoms with Crippen molar-refractivity contribution in [3.05, 3.63) is 33.9 Å². The van der Waals surface area contributed by atoms with Crippen LogP contribution >= 0.6 is 15.9 Å². The monoisotopic (exact) mass is 346 g/mol. The fraction of sp³-hybridized carbons (Fsp3) is 0.333. The molecule has 20 heavy (non-hydrogen) atoms. The van der Waals surface area contributed by atoms with Crippen molar-refractivity contribution < 1.29 is 13.2 Å². The molecule has 2 aromatic rings. The number of nitrogens with two attached hydrogens (primary N) is 1. The highest BCUT2D eigenvalue weighted by Gasteiger charge is 2.37. The SMILES string of the molecule is Nc1nnn(-c2ccc(Br)cc2C(F)(F)F)c1C1CC1. The van der Waals surface area contributed by atoms with Crippen molar-refractivity contribution in [1.29, 1.82) is 0 Å². The molecule has 1 aromatic heterocycles. The Hall–Kier alpha value is -1.57. The first-order valence-corrected chi connectivity index (χ1v) is 6.75. The molecule has 0 bridgehead atoms. The van der Waals surface area contributed by atoms with Crippen molar-refractivity contribution in [2.24, 2.45) is 0 Å². The summed E-state index contributed by atoms with van der Waals surface area (Å²) in [4.78, 5) is 0. The molecule has 1 aliphatic carbocycles. The Labute approximate surface area is 120 Å². The Morgan fingerprint density at radius 3 is 2.60 bits per heavy atom. The first kappa shape index (κ1) is 13.4. The van der Waals surface area contributed by atoms with Crippen molar-refractivity contribution in [2.45, 2.75) is 24.9 Å². The van der Waals surface area contributed by atoms with Crippen LogP contribution in [0.3, 0.4) is 0 Å². The summed E-state index contributed by atoms with van der Waals surface area (Å²) in [7, 11) is 0. The van der Waals surface area contributed by atoms with Gasteiger partial charge in [-0.25, -0.2) is 4.68 Å². The molecule has 1 aromatic carbocycles. The lowest BCUT2D eigenvalue weighted by molar-refractivity contribution is -0.137. The molecule has 106 valence electrons.